The third kappa shape index (κ3) is 2.72. The zero-order valence-corrected chi connectivity index (χ0v) is 7.47. The highest BCUT2D eigenvalue weighted by Gasteiger charge is 2.09. The van der Waals surface area contributed by atoms with Crippen molar-refractivity contribution < 1.29 is 9.53 Å². The van der Waals surface area contributed by atoms with Crippen molar-refractivity contribution in [3.8, 4) is 0 Å². The van der Waals surface area contributed by atoms with Crippen LogP contribution >= 0.6 is 0 Å². The summed E-state index contributed by atoms with van der Waals surface area (Å²) in [4.78, 5) is 10.9. The summed E-state index contributed by atoms with van der Waals surface area (Å²) >= 11 is 0. The summed E-state index contributed by atoms with van der Waals surface area (Å²) in [5.74, 6) is -0.306. The second-order valence-corrected chi connectivity index (χ2v) is 2.59. The molecule has 0 aromatic carbocycles. The highest BCUT2D eigenvalue weighted by atomic mass is 16.5. The molecule has 3 nitrogen and oxygen atoms in total. The minimum absolute atomic E-state index is 0.0888. The quantitative estimate of drug-likeness (QED) is 0.477. The Kier molecular flexibility index (Phi) is 3.82. The number of esters is 1. The number of carbonyl (C=O) groups is 1. The summed E-state index contributed by atoms with van der Waals surface area (Å²) in [6.07, 6.45) is 0. The van der Waals surface area contributed by atoms with E-state index >= 15 is 0 Å². The van der Waals surface area contributed by atoms with Gasteiger partial charge in [0, 0.05) is 11.6 Å². The average Bonchev–Trinajstić information content (AvgIpc) is 2.00. The molecule has 0 saturated heterocycles. The van der Waals surface area contributed by atoms with Gasteiger partial charge in [-0.25, -0.2) is 4.79 Å². The van der Waals surface area contributed by atoms with Crippen molar-refractivity contribution in [2.24, 2.45) is 5.73 Å². The van der Waals surface area contributed by atoms with Gasteiger partial charge in [0.2, 0.25) is 0 Å². The standard InChI is InChI=1S/C8H15NO2/c1-5(7(3)9)6(2)8(10)11-4/h7H,9H2,1-4H3. The summed E-state index contributed by atoms with van der Waals surface area (Å²) in [6.45, 7) is 5.38. The van der Waals surface area contributed by atoms with Crippen LogP contribution in [0.4, 0.5) is 0 Å². The van der Waals surface area contributed by atoms with Crippen LogP contribution in [0.3, 0.4) is 0 Å². The first-order valence-electron chi connectivity index (χ1n) is 3.52. The fourth-order valence-electron chi connectivity index (χ4n) is 0.656. The molecular weight excluding hydrogens is 142 g/mol. The maximum Gasteiger partial charge on any atom is 0.333 e. The molecule has 0 aromatic heterocycles. The fraction of sp³-hybridized carbons (Fsp3) is 0.625. The van der Waals surface area contributed by atoms with Gasteiger partial charge in [-0.15, -0.1) is 0 Å². The first-order valence-corrected chi connectivity index (χ1v) is 3.52. The van der Waals surface area contributed by atoms with Crippen molar-refractivity contribution in [2.75, 3.05) is 7.11 Å². The molecule has 1 atom stereocenters. The lowest BCUT2D eigenvalue weighted by atomic mass is 10.1. The Balaban J connectivity index is 4.52. The number of hydrogen-bond acceptors (Lipinski definition) is 3. The third-order valence-electron chi connectivity index (χ3n) is 1.77. The van der Waals surface area contributed by atoms with E-state index in [1.807, 2.05) is 13.8 Å². The zero-order valence-electron chi connectivity index (χ0n) is 7.47. The third-order valence-corrected chi connectivity index (χ3v) is 1.77. The molecule has 0 aromatic rings. The maximum absolute atomic E-state index is 10.9. The van der Waals surface area contributed by atoms with Crippen LogP contribution in [-0.4, -0.2) is 19.1 Å². The normalized spacial score (nSPS) is 15.4. The van der Waals surface area contributed by atoms with Crippen molar-refractivity contribution >= 4 is 5.97 Å². The van der Waals surface area contributed by atoms with Crippen LogP contribution in [0.25, 0.3) is 0 Å². The Morgan fingerprint density at radius 1 is 1.45 bits per heavy atom. The van der Waals surface area contributed by atoms with E-state index in [1.54, 1.807) is 6.92 Å². The van der Waals surface area contributed by atoms with Gasteiger partial charge in [0.15, 0.2) is 0 Å². The highest BCUT2D eigenvalue weighted by molar-refractivity contribution is 5.88. The van der Waals surface area contributed by atoms with E-state index in [2.05, 4.69) is 4.74 Å². The first kappa shape index (κ1) is 10.2. The topological polar surface area (TPSA) is 52.3 Å². The number of carbonyl (C=O) groups excluding carboxylic acids is 1. The van der Waals surface area contributed by atoms with E-state index in [-0.39, 0.29) is 12.0 Å². The van der Waals surface area contributed by atoms with Crippen LogP contribution in [0.15, 0.2) is 11.1 Å². The molecule has 0 heterocycles. The molecule has 64 valence electrons. The number of nitrogens with two attached hydrogens (primary N) is 1. The van der Waals surface area contributed by atoms with Crippen molar-refractivity contribution in [1.82, 2.24) is 0 Å². The van der Waals surface area contributed by atoms with Crippen LogP contribution in [0.1, 0.15) is 20.8 Å². The molecule has 0 bridgehead atoms. The Morgan fingerprint density at radius 3 is 2.18 bits per heavy atom. The van der Waals surface area contributed by atoms with Gasteiger partial charge in [0.25, 0.3) is 0 Å². The molecule has 2 N–H and O–H groups in total. The Bertz CT molecular complexity index is 183. The largest absolute Gasteiger partial charge is 0.466 e. The molecule has 0 aliphatic heterocycles. The SMILES string of the molecule is COC(=O)C(C)=C(C)C(C)N. The Morgan fingerprint density at radius 2 is 1.91 bits per heavy atom. The lowest BCUT2D eigenvalue weighted by molar-refractivity contribution is -0.136. The second-order valence-electron chi connectivity index (χ2n) is 2.59. The molecule has 0 saturated carbocycles. The van der Waals surface area contributed by atoms with E-state index in [1.165, 1.54) is 7.11 Å². The van der Waals surface area contributed by atoms with Crippen molar-refractivity contribution in [1.29, 1.82) is 0 Å². The molecule has 0 amide bonds. The fourth-order valence-corrected chi connectivity index (χ4v) is 0.656. The van der Waals surface area contributed by atoms with Crippen LogP contribution in [-0.2, 0) is 9.53 Å². The van der Waals surface area contributed by atoms with Crippen molar-refractivity contribution in [3.63, 3.8) is 0 Å². The van der Waals surface area contributed by atoms with Gasteiger partial charge in [-0.05, 0) is 26.3 Å². The molecule has 1 unspecified atom stereocenters. The summed E-state index contributed by atoms with van der Waals surface area (Å²) in [6, 6.07) is -0.0888. The summed E-state index contributed by atoms with van der Waals surface area (Å²) < 4.78 is 4.53. The molecule has 0 rings (SSSR count). The lowest BCUT2D eigenvalue weighted by Crippen LogP contribution is -2.19. The van der Waals surface area contributed by atoms with Crippen molar-refractivity contribution in [3.05, 3.63) is 11.1 Å². The van der Waals surface area contributed by atoms with E-state index in [0.717, 1.165) is 5.57 Å². The summed E-state index contributed by atoms with van der Waals surface area (Å²) in [7, 11) is 1.36. The van der Waals surface area contributed by atoms with Gasteiger partial charge in [-0.2, -0.15) is 0 Å². The minimum Gasteiger partial charge on any atom is -0.466 e. The number of hydrogen-bond donors (Lipinski definition) is 1. The first-order chi connectivity index (χ1) is 5.00. The lowest BCUT2D eigenvalue weighted by Gasteiger charge is -2.08. The van der Waals surface area contributed by atoms with Gasteiger partial charge in [-0.3, -0.25) is 0 Å². The maximum atomic E-state index is 10.9. The highest BCUT2D eigenvalue weighted by Crippen LogP contribution is 2.07. The van der Waals surface area contributed by atoms with Gasteiger partial charge in [0.1, 0.15) is 0 Å². The summed E-state index contributed by atoms with van der Waals surface area (Å²) in [5.41, 5.74) is 7.04. The number of ether oxygens (including phenoxy) is 1. The molecule has 0 fully saturated rings. The summed E-state index contributed by atoms with van der Waals surface area (Å²) in [5, 5.41) is 0. The Hall–Kier alpha value is -0.830. The number of methoxy groups -OCH3 is 1. The van der Waals surface area contributed by atoms with Gasteiger partial charge < -0.3 is 10.5 Å². The molecule has 0 aliphatic carbocycles. The van der Waals surface area contributed by atoms with Gasteiger partial charge in [0.05, 0.1) is 7.11 Å². The van der Waals surface area contributed by atoms with E-state index < -0.39 is 0 Å². The molecule has 0 aliphatic rings. The van der Waals surface area contributed by atoms with Crippen LogP contribution in [0.5, 0.6) is 0 Å². The molecule has 0 spiro atoms. The van der Waals surface area contributed by atoms with Crippen LogP contribution in [0.2, 0.25) is 0 Å². The average molecular weight is 157 g/mol. The van der Waals surface area contributed by atoms with Crippen LogP contribution in [0, 0.1) is 0 Å². The predicted octanol–water partition coefficient (Wildman–Crippen LogP) is 0.843. The number of rotatable bonds is 2. The molecule has 3 heteroatoms. The second kappa shape index (κ2) is 4.13. The minimum atomic E-state index is -0.306. The molecule has 11 heavy (non-hydrogen) atoms. The van der Waals surface area contributed by atoms with Gasteiger partial charge >= 0.3 is 5.97 Å². The smallest absolute Gasteiger partial charge is 0.333 e. The van der Waals surface area contributed by atoms with Crippen molar-refractivity contribution in [2.45, 2.75) is 26.8 Å². The van der Waals surface area contributed by atoms with E-state index in [0.29, 0.717) is 5.57 Å². The van der Waals surface area contributed by atoms with E-state index in [9.17, 15) is 4.79 Å². The molecular formula is C8H15NO2. The van der Waals surface area contributed by atoms with Gasteiger partial charge in [-0.1, -0.05) is 0 Å². The van der Waals surface area contributed by atoms with E-state index in [4.69, 9.17) is 5.73 Å². The predicted molar refractivity (Wildman–Crippen MR) is 44.0 cm³/mol. The Labute approximate surface area is 67.2 Å². The zero-order chi connectivity index (χ0) is 9.02. The monoisotopic (exact) mass is 157 g/mol. The molecule has 0 radical (unpaired) electrons. The van der Waals surface area contributed by atoms with Crippen LogP contribution < -0.4 is 5.73 Å².